The van der Waals surface area contributed by atoms with Crippen molar-refractivity contribution in [3.05, 3.63) is 48.5 Å². The number of rotatable bonds is 8. The smallest absolute Gasteiger partial charge is 0.264 e. The molecule has 0 spiro atoms. The van der Waals surface area contributed by atoms with Gasteiger partial charge in [-0.05, 0) is 55.5 Å². The van der Waals surface area contributed by atoms with Crippen molar-refractivity contribution < 1.29 is 19.0 Å². The first-order chi connectivity index (χ1) is 13.2. The Morgan fingerprint density at radius 1 is 1.00 bits per heavy atom. The van der Waals surface area contributed by atoms with Gasteiger partial charge in [0.1, 0.15) is 17.2 Å². The third-order valence-corrected chi connectivity index (χ3v) is 4.16. The lowest BCUT2D eigenvalue weighted by molar-refractivity contribution is -0.118. The number of amides is 1. The van der Waals surface area contributed by atoms with E-state index in [2.05, 4.69) is 14.7 Å². The van der Waals surface area contributed by atoms with E-state index < -0.39 is 0 Å². The summed E-state index contributed by atoms with van der Waals surface area (Å²) in [6.07, 6.45) is 0. The predicted molar refractivity (Wildman–Crippen MR) is 104 cm³/mol. The Hall–Kier alpha value is -3.13. The minimum absolute atomic E-state index is 0.121. The summed E-state index contributed by atoms with van der Waals surface area (Å²) in [6.45, 7) is 2.43. The van der Waals surface area contributed by atoms with Gasteiger partial charge in [0.15, 0.2) is 12.4 Å². The Kier molecular flexibility index (Phi) is 6.22. The van der Waals surface area contributed by atoms with Crippen LogP contribution in [0.1, 0.15) is 6.92 Å². The molecule has 27 heavy (non-hydrogen) atoms. The molecule has 140 valence electrons. The van der Waals surface area contributed by atoms with Crippen molar-refractivity contribution in [3.8, 4) is 28.6 Å². The van der Waals surface area contributed by atoms with E-state index >= 15 is 0 Å². The van der Waals surface area contributed by atoms with Crippen LogP contribution in [0.3, 0.4) is 0 Å². The third kappa shape index (κ3) is 5.18. The van der Waals surface area contributed by atoms with E-state index in [1.807, 2.05) is 31.2 Å². The van der Waals surface area contributed by atoms with E-state index in [9.17, 15) is 4.79 Å². The summed E-state index contributed by atoms with van der Waals surface area (Å²) in [5, 5.41) is 3.11. The Balaban J connectivity index is 1.54. The molecule has 8 heteroatoms. The molecule has 0 radical (unpaired) electrons. The molecule has 0 unspecified atom stereocenters. The molecule has 0 saturated heterocycles. The second kappa shape index (κ2) is 9.00. The average molecular weight is 385 g/mol. The maximum Gasteiger partial charge on any atom is 0.264 e. The van der Waals surface area contributed by atoms with Crippen molar-refractivity contribution in [3.63, 3.8) is 0 Å². The van der Waals surface area contributed by atoms with E-state index in [-0.39, 0.29) is 12.5 Å². The van der Waals surface area contributed by atoms with Crippen LogP contribution in [-0.2, 0) is 4.79 Å². The number of benzene rings is 2. The topological polar surface area (TPSA) is 82.6 Å². The summed E-state index contributed by atoms with van der Waals surface area (Å²) in [5.74, 6) is 2.34. The molecular formula is C19H19N3O4S. The molecule has 3 aromatic rings. The lowest BCUT2D eigenvalue weighted by atomic mass is 10.2. The molecule has 0 aliphatic carbocycles. The summed E-state index contributed by atoms with van der Waals surface area (Å²) in [5.41, 5.74) is 0.852. The van der Waals surface area contributed by atoms with E-state index in [1.165, 1.54) is 0 Å². The molecule has 2 aromatic carbocycles. The number of hydrogen-bond acceptors (Lipinski definition) is 7. The zero-order valence-electron chi connectivity index (χ0n) is 15.0. The maximum absolute atomic E-state index is 12.0. The summed E-state index contributed by atoms with van der Waals surface area (Å²) < 4.78 is 20.2. The van der Waals surface area contributed by atoms with Gasteiger partial charge in [-0.25, -0.2) is 0 Å². The van der Waals surface area contributed by atoms with Crippen molar-refractivity contribution >= 4 is 22.6 Å². The fourth-order valence-corrected chi connectivity index (χ4v) is 2.84. The first-order valence-electron chi connectivity index (χ1n) is 8.31. The average Bonchev–Trinajstić information content (AvgIpc) is 3.16. The fourth-order valence-electron chi connectivity index (χ4n) is 2.23. The molecule has 0 aliphatic heterocycles. The lowest BCUT2D eigenvalue weighted by Gasteiger charge is -2.06. The highest BCUT2D eigenvalue weighted by molar-refractivity contribution is 7.10. The van der Waals surface area contributed by atoms with Gasteiger partial charge in [0.05, 0.1) is 13.7 Å². The van der Waals surface area contributed by atoms with Crippen molar-refractivity contribution in [2.24, 2.45) is 0 Å². The van der Waals surface area contributed by atoms with Crippen LogP contribution >= 0.6 is 11.5 Å². The predicted octanol–water partition coefficient (Wildman–Crippen LogP) is 3.63. The largest absolute Gasteiger partial charge is 0.497 e. The van der Waals surface area contributed by atoms with Gasteiger partial charge in [0.25, 0.3) is 5.91 Å². The Morgan fingerprint density at radius 2 is 1.63 bits per heavy atom. The minimum atomic E-state index is -0.305. The molecule has 1 heterocycles. The van der Waals surface area contributed by atoms with Gasteiger partial charge in [0.2, 0.25) is 5.13 Å². The van der Waals surface area contributed by atoms with Crippen molar-refractivity contribution in [1.82, 2.24) is 9.36 Å². The number of ether oxygens (including phenoxy) is 3. The SMILES string of the molecule is CCOc1ccc(-c2nsc(NC(=O)COc3ccc(OC)cc3)n2)cc1. The van der Waals surface area contributed by atoms with Gasteiger partial charge in [0, 0.05) is 17.1 Å². The van der Waals surface area contributed by atoms with Crippen LogP contribution in [0, 0.1) is 0 Å². The first kappa shape index (κ1) is 18.7. The van der Waals surface area contributed by atoms with Crippen LogP contribution in [0.2, 0.25) is 0 Å². The zero-order valence-corrected chi connectivity index (χ0v) is 15.8. The lowest BCUT2D eigenvalue weighted by Crippen LogP contribution is -2.20. The zero-order chi connectivity index (χ0) is 19.1. The van der Waals surface area contributed by atoms with Gasteiger partial charge in [-0.1, -0.05) is 0 Å². The van der Waals surface area contributed by atoms with Crippen LogP contribution in [0.5, 0.6) is 17.2 Å². The highest BCUT2D eigenvalue weighted by Crippen LogP contribution is 2.23. The summed E-state index contributed by atoms with van der Waals surface area (Å²) in [4.78, 5) is 16.4. The molecular weight excluding hydrogens is 366 g/mol. The molecule has 3 rings (SSSR count). The van der Waals surface area contributed by atoms with Crippen LogP contribution < -0.4 is 19.5 Å². The van der Waals surface area contributed by atoms with Crippen molar-refractivity contribution in [2.45, 2.75) is 6.92 Å². The highest BCUT2D eigenvalue weighted by atomic mass is 32.1. The first-order valence-corrected chi connectivity index (χ1v) is 9.09. The monoisotopic (exact) mass is 385 g/mol. The standard InChI is InChI=1S/C19H19N3O4S/c1-3-25-15-6-4-13(5-7-15)18-21-19(27-22-18)20-17(23)12-26-16-10-8-14(24-2)9-11-16/h4-11H,3,12H2,1-2H3,(H,20,21,22,23). The van der Waals surface area contributed by atoms with Crippen molar-refractivity contribution in [2.75, 3.05) is 25.6 Å². The number of nitrogens with zero attached hydrogens (tertiary/aromatic N) is 2. The van der Waals surface area contributed by atoms with Gasteiger partial charge < -0.3 is 14.2 Å². The van der Waals surface area contributed by atoms with Crippen LogP contribution in [0.4, 0.5) is 5.13 Å². The molecule has 1 amide bonds. The molecule has 0 saturated carbocycles. The highest BCUT2D eigenvalue weighted by Gasteiger charge is 2.10. The Morgan fingerprint density at radius 3 is 2.30 bits per heavy atom. The summed E-state index contributed by atoms with van der Waals surface area (Å²) in [7, 11) is 1.59. The molecule has 0 aliphatic rings. The van der Waals surface area contributed by atoms with Gasteiger partial charge in [-0.15, -0.1) is 0 Å². The number of nitrogens with one attached hydrogen (secondary N) is 1. The number of aromatic nitrogens is 2. The summed E-state index contributed by atoms with van der Waals surface area (Å²) in [6, 6.07) is 14.5. The second-order valence-electron chi connectivity index (χ2n) is 5.39. The number of hydrogen-bond donors (Lipinski definition) is 1. The van der Waals surface area contributed by atoms with E-state index in [0.29, 0.717) is 23.3 Å². The van der Waals surface area contributed by atoms with E-state index in [4.69, 9.17) is 14.2 Å². The maximum atomic E-state index is 12.0. The second-order valence-corrected chi connectivity index (χ2v) is 6.14. The van der Waals surface area contributed by atoms with Crippen LogP contribution in [0.25, 0.3) is 11.4 Å². The Labute approximate surface area is 161 Å². The normalized spacial score (nSPS) is 10.3. The number of methoxy groups -OCH3 is 1. The van der Waals surface area contributed by atoms with Gasteiger partial charge >= 0.3 is 0 Å². The molecule has 0 bridgehead atoms. The number of carbonyl (C=O) groups is 1. The summed E-state index contributed by atoms with van der Waals surface area (Å²) >= 11 is 1.12. The van der Waals surface area contributed by atoms with Crippen molar-refractivity contribution in [1.29, 1.82) is 0 Å². The molecule has 7 nitrogen and oxygen atoms in total. The van der Waals surface area contributed by atoms with Gasteiger partial charge in [-0.2, -0.15) is 9.36 Å². The fraction of sp³-hybridized carbons (Fsp3) is 0.211. The van der Waals surface area contributed by atoms with E-state index in [0.717, 1.165) is 28.6 Å². The molecule has 1 N–H and O–H groups in total. The minimum Gasteiger partial charge on any atom is -0.497 e. The number of anilines is 1. The number of carbonyl (C=O) groups excluding carboxylic acids is 1. The Bertz CT molecular complexity index is 879. The molecule has 0 atom stereocenters. The molecule has 0 fully saturated rings. The quantitative estimate of drug-likeness (QED) is 0.638. The van der Waals surface area contributed by atoms with Crippen LogP contribution in [-0.4, -0.2) is 35.6 Å². The third-order valence-electron chi connectivity index (χ3n) is 3.53. The van der Waals surface area contributed by atoms with Crippen LogP contribution in [0.15, 0.2) is 48.5 Å². The molecule has 1 aromatic heterocycles. The van der Waals surface area contributed by atoms with E-state index in [1.54, 1.807) is 31.4 Å². The van der Waals surface area contributed by atoms with Gasteiger partial charge in [-0.3, -0.25) is 10.1 Å².